The Balaban J connectivity index is 0.00000112. The molecule has 2 rings (SSSR count). The lowest BCUT2D eigenvalue weighted by Gasteiger charge is -2.28. The van der Waals surface area contributed by atoms with E-state index in [1.807, 2.05) is 6.07 Å². The molecule has 0 fully saturated rings. The van der Waals surface area contributed by atoms with Gasteiger partial charge in [-0.25, -0.2) is 0 Å². The molecule has 0 N–H and O–H groups in total. The molecule has 1 aromatic carbocycles. The molecule has 1 aromatic rings. The van der Waals surface area contributed by atoms with Crippen molar-refractivity contribution >= 4 is 29.7 Å². The SMILES string of the molecule is CC1(C)Cc2ccccc2C(CCl)=N1.Cl. The lowest BCUT2D eigenvalue weighted by Crippen LogP contribution is -2.29. The maximum Gasteiger partial charge on any atom is 0.0649 e. The minimum atomic E-state index is -0.00141. The van der Waals surface area contributed by atoms with Gasteiger partial charge in [0.2, 0.25) is 0 Å². The number of rotatable bonds is 1. The second-order valence-electron chi connectivity index (χ2n) is 4.34. The number of nitrogens with zero attached hydrogens (tertiary/aromatic N) is 1. The van der Waals surface area contributed by atoms with Gasteiger partial charge in [0.25, 0.3) is 0 Å². The van der Waals surface area contributed by atoms with Crippen molar-refractivity contribution in [3.8, 4) is 0 Å². The zero-order valence-electron chi connectivity index (χ0n) is 8.96. The molecule has 0 spiro atoms. The van der Waals surface area contributed by atoms with Gasteiger partial charge >= 0.3 is 0 Å². The minimum absolute atomic E-state index is 0. The van der Waals surface area contributed by atoms with E-state index in [-0.39, 0.29) is 17.9 Å². The van der Waals surface area contributed by atoms with Crippen LogP contribution in [0.3, 0.4) is 0 Å². The van der Waals surface area contributed by atoms with Gasteiger partial charge in [0, 0.05) is 5.56 Å². The molecule has 0 amide bonds. The Labute approximate surface area is 102 Å². The van der Waals surface area contributed by atoms with Crippen LogP contribution >= 0.6 is 24.0 Å². The van der Waals surface area contributed by atoms with Crippen LogP contribution in [0.5, 0.6) is 0 Å². The van der Waals surface area contributed by atoms with Crippen LogP contribution in [-0.4, -0.2) is 17.1 Å². The largest absolute Gasteiger partial charge is 0.281 e. The molecule has 3 heteroatoms. The molecule has 0 aliphatic carbocycles. The molecule has 0 radical (unpaired) electrons. The van der Waals surface area contributed by atoms with Crippen LogP contribution in [0.2, 0.25) is 0 Å². The summed E-state index contributed by atoms with van der Waals surface area (Å²) in [5.74, 6) is 0.500. The van der Waals surface area contributed by atoms with Gasteiger partial charge in [-0.2, -0.15) is 0 Å². The molecular weight excluding hydrogens is 229 g/mol. The van der Waals surface area contributed by atoms with Gasteiger partial charge in [-0.15, -0.1) is 24.0 Å². The van der Waals surface area contributed by atoms with Crippen LogP contribution in [0.25, 0.3) is 0 Å². The molecule has 1 nitrogen and oxygen atoms in total. The standard InChI is InChI=1S/C12H14ClN.ClH/c1-12(2)7-9-5-3-4-6-10(9)11(8-13)14-12;/h3-6H,7-8H2,1-2H3;1H. The molecular formula is C12H15Cl2N. The van der Waals surface area contributed by atoms with E-state index in [0.717, 1.165) is 12.1 Å². The second kappa shape index (κ2) is 4.54. The molecule has 1 aliphatic rings. The van der Waals surface area contributed by atoms with Crippen molar-refractivity contribution < 1.29 is 0 Å². The first-order valence-corrected chi connectivity index (χ1v) is 5.39. The summed E-state index contributed by atoms with van der Waals surface area (Å²) in [6.07, 6.45) is 1.00. The third kappa shape index (κ3) is 2.53. The summed E-state index contributed by atoms with van der Waals surface area (Å²) < 4.78 is 0. The van der Waals surface area contributed by atoms with E-state index < -0.39 is 0 Å². The highest BCUT2D eigenvalue weighted by molar-refractivity contribution is 6.32. The summed E-state index contributed by atoms with van der Waals surface area (Å²) in [6.45, 7) is 4.30. The summed E-state index contributed by atoms with van der Waals surface area (Å²) >= 11 is 5.90. The van der Waals surface area contributed by atoms with Crippen molar-refractivity contribution in [2.45, 2.75) is 25.8 Å². The fourth-order valence-electron chi connectivity index (χ4n) is 1.99. The molecule has 0 bridgehead atoms. The number of aliphatic imine (C=N–C) groups is 1. The Morgan fingerprint density at radius 3 is 2.67 bits per heavy atom. The lowest BCUT2D eigenvalue weighted by atomic mass is 9.87. The molecule has 0 saturated heterocycles. The van der Waals surface area contributed by atoms with Gasteiger partial charge in [-0.1, -0.05) is 24.3 Å². The van der Waals surface area contributed by atoms with E-state index in [2.05, 4.69) is 37.0 Å². The third-order valence-electron chi connectivity index (χ3n) is 2.52. The summed E-state index contributed by atoms with van der Waals surface area (Å²) in [6, 6.07) is 8.38. The summed E-state index contributed by atoms with van der Waals surface area (Å²) in [4.78, 5) is 4.66. The van der Waals surface area contributed by atoms with Crippen molar-refractivity contribution in [1.82, 2.24) is 0 Å². The number of fused-ring (bicyclic) bond motifs is 1. The highest BCUT2D eigenvalue weighted by atomic mass is 35.5. The molecule has 0 unspecified atom stereocenters. The zero-order valence-corrected chi connectivity index (χ0v) is 10.5. The van der Waals surface area contributed by atoms with Crippen LogP contribution < -0.4 is 0 Å². The number of hydrogen-bond acceptors (Lipinski definition) is 1. The van der Waals surface area contributed by atoms with Gasteiger partial charge in [0.05, 0.1) is 17.1 Å². The summed E-state index contributed by atoms with van der Waals surface area (Å²) in [5.41, 5.74) is 3.61. The van der Waals surface area contributed by atoms with Gasteiger partial charge in [-0.05, 0) is 25.8 Å². The van der Waals surface area contributed by atoms with Crippen molar-refractivity contribution in [2.24, 2.45) is 4.99 Å². The summed E-state index contributed by atoms with van der Waals surface area (Å²) in [7, 11) is 0. The molecule has 15 heavy (non-hydrogen) atoms. The smallest absolute Gasteiger partial charge is 0.0649 e. The Morgan fingerprint density at radius 1 is 1.33 bits per heavy atom. The first-order chi connectivity index (χ1) is 6.62. The van der Waals surface area contributed by atoms with Crippen LogP contribution in [0, 0.1) is 0 Å². The monoisotopic (exact) mass is 243 g/mol. The Hall–Kier alpha value is -0.530. The predicted octanol–water partition coefficient (Wildman–Crippen LogP) is 3.47. The normalized spacial score (nSPS) is 17.4. The van der Waals surface area contributed by atoms with Crippen molar-refractivity contribution in [3.05, 3.63) is 35.4 Å². The minimum Gasteiger partial charge on any atom is -0.281 e. The van der Waals surface area contributed by atoms with Crippen LogP contribution in [0.4, 0.5) is 0 Å². The lowest BCUT2D eigenvalue weighted by molar-refractivity contribution is 0.513. The Kier molecular flexibility index (Phi) is 3.80. The second-order valence-corrected chi connectivity index (χ2v) is 4.61. The molecule has 1 heterocycles. The number of alkyl halides is 1. The molecule has 82 valence electrons. The van der Waals surface area contributed by atoms with E-state index in [9.17, 15) is 0 Å². The quantitative estimate of drug-likeness (QED) is 0.671. The highest BCUT2D eigenvalue weighted by Gasteiger charge is 2.25. The summed E-state index contributed by atoms with van der Waals surface area (Å²) in [5, 5.41) is 0. The Bertz CT molecular complexity index is 383. The molecule has 0 atom stereocenters. The van der Waals surface area contributed by atoms with Gasteiger partial charge in [0.15, 0.2) is 0 Å². The number of benzene rings is 1. The number of halogens is 2. The van der Waals surface area contributed by atoms with Crippen molar-refractivity contribution in [2.75, 3.05) is 5.88 Å². The van der Waals surface area contributed by atoms with Crippen LogP contribution in [0.15, 0.2) is 29.3 Å². The van der Waals surface area contributed by atoms with E-state index in [4.69, 9.17) is 11.6 Å². The molecule has 1 aliphatic heterocycles. The molecule has 0 saturated carbocycles. The highest BCUT2D eigenvalue weighted by Crippen LogP contribution is 2.26. The van der Waals surface area contributed by atoms with Crippen LogP contribution in [-0.2, 0) is 6.42 Å². The Morgan fingerprint density at radius 2 is 2.00 bits per heavy atom. The first kappa shape index (κ1) is 12.5. The van der Waals surface area contributed by atoms with E-state index in [0.29, 0.717) is 5.88 Å². The average molecular weight is 244 g/mol. The van der Waals surface area contributed by atoms with Gasteiger partial charge in [0.1, 0.15) is 0 Å². The van der Waals surface area contributed by atoms with E-state index in [1.54, 1.807) is 0 Å². The van der Waals surface area contributed by atoms with Crippen molar-refractivity contribution in [3.63, 3.8) is 0 Å². The first-order valence-electron chi connectivity index (χ1n) is 4.85. The fourth-order valence-corrected chi connectivity index (χ4v) is 2.19. The van der Waals surface area contributed by atoms with Crippen LogP contribution in [0.1, 0.15) is 25.0 Å². The molecule has 0 aromatic heterocycles. The maximum atomic E-state index is 5.90. The fraction of sp³-hybridized carbons (Fsp3) is 0.417. The van der Waals surface area contributed by atoms with Gasteiger partial charge in [-0.3, -0.25) is 4.99 Å². The van der Waals surface area contributed by atoms with Crippen molar-refractivity contribution in [1.29, 1.82) is 0 Å². The zero-order chi connectivity index (χ0) is 10.2. The third-order valence-corrected chi connectivity index (χ3v) is 2.77. The van der Waals surface area contributed by atoms with Gasteiger partial charge < -0.3 is 0 Å². The predicted molar refractivity (Wildman–Crippen MR) is 68.7 cm³/mol. The number of hydrogen-bond donors (Lipinski definition) is 0. The maximum absolute atomic E-state index is 5.90. The van der Waals surface area contributed by atoms with E-state index >= 15 is 0 Å². The van der Waals surface area contributed by atoms with E-state index in [1.165, 1.54) is 11.1 Å². The topological polar surface area (TPSA) is 12.4 Å². The average Bonchev–Trinajstić information content (AvgIpc) is 2.15.